The number of nitrogens with one attached hydrogen (secondary N) is 2. The van der Waals surface area contributed by atoms with E-state index < -0.39 is 0 Å². The average molecular weight is 320 g/mol. The zero-order chi connectivity index (χ0) is 13.8. The highest BCUT2D eigenvalue weighted by Crippen LogP contribution is 2.24. The summed E-state index contributed by atoms with van der Waals surface area (Å²) in [7, 11) is 0. The van der Waals surface area contributed by atoms with Crippen molar-refractivity contribution in [3.05, 3.63) is 34.3 Å². The van der Waals surface area contributed by atoms with E-state index in [1.54, 1.807) is 18.2 Å². The molecule has 96 valence electrons. The maximum Gasteiger partial charge on any atom is 0.223 e. The molecular weight excluding hydrogens is 310 g/mol. The van der Waals surface area contributed by atoms with E-state index in [1.807, 2.05) is 6.07 Å². The third kappa shape index (κ3) is 3.09. The second-order valence-corrected chi connectivity index (χ2v) is 4.48. The summed E-state index contributed by atoms with van der Waals surface area (Å²) in [6.45, 7) is 0. The molecule has 7 nitrogen and oxygen atoms in total. The summed E-state index contributed by atoms with van der Waals surface area (Å²) in [6, 6.07) is 8.95. The Morgan fingerprint density at radius 3 is 2.63 bits per heavy atom. The number of hydrogen-bond acceptors (Lipinski definition) is 7. The van der Waals surface area contributed by atoms with Gasteiger partial charge in [0, 0.05) is 10.5 Å². The number of nitrogen functional groups attached to an aromatic ring is 2. The first-order valence-corrected chi connectivity index (χ1v) is 5.99. The molecule has 0 amide bonds. The molecule has 0 atom stereocenters. The molecule has 0 aliphatic carbocycles. The van der Waals surface area contributed by atoms with Crippen molar-refractivity contribution < 1.29 is 0 Å². The van der Waals surface area contributed by atoms with Gasteiger partial charge >= 0.3 is 0 Å². The van der Waals surface area contributed by atoms with Crippen LogP contribution in [0.2, 0.25) is 0 Å². The van der Waals surface area contributed by atoms with Crippen LogP contribution in [0.4, 0.5) is 23.3 Å². The molecule has 8 heteroatoms. The van der Waals surface area contributed by atoms with E-state index in [9.17, 15) is 0 Å². The first kappa shape index (κ1) is 13.1. The van der Waals surface area contributed by atoms with Crippen LogP contribution in [0.3, 0.4) is 0 Å². The van der Waals surface area contributed by atoms with Gasteiger partial charge in [-0.15, -0.1) is 0 Å². The lowest BCUT2D eigenvalue weighted by Gasteiger charge is -2.09. The molecule has 0 aliphatic rings. The van der Waals surface area contributed by atoms with Gasteiger partial charge < -0.3 is 16.5 Å². The fourth-order valence-electron chi connectivity index (χ4n) is 1.46. The second kappa shape index (κ2) is 5.51. The van der Waals surface area contributed by atoms with Crippen molar-refractivity contribution >= 4 is 39.2 Å². The van der Waals surface area contributed by atoms with Gasteiger partial charge in [0.05, 0.1) is 11.3 Å². The van der Waals surface area contributed by atoms with Crippen LogP contribution in [0.5, 0.6) is 0 Å². The molecule has 19 heavy (non-hydrogen) atoms. The number of rotatable bonds is 3. The number of anilines is 4. The van der Waals surface area contributed by atoms with Crippen LogP contribution in [0.1, 0.15) is 5.56 Å². The predicted molar refractivity (Wildman–Crippen MR) is 76.4 cm³/mol. The summed E-state index contributed by atoms with van der Waals surface area (Å²) in [5, 5.41) is 12.1. The predicted octanol–water partition coefficient (Wildman–Crippen LogP) is 1.72. The Balaban J connectivity index is 2.36. The molecule has 0 unspecified atom stereocenters. The fourth-order valence-corrected chi connectivity index (χ4v) is 1.82. The third-order valence-corrected chi connectivity index (χ3v) is 2.75. The van der Waals surface area contributed by atoms with Gasteiger partial charge in [-0.2, -0.15) is 15.2 Å². The van der Waals surface area contributed by atoms with Crippen LogP contribution in [-0.4, -0.2) is 9.97 Å². The smallest absolute Gasteiger partial charge is 0.223 e. The first-order chi connectivity index (χ1) is 9.12. The molecule has 1 aromatic carbocycles. The SMILES string of the molecule is N#Cc1cc(Br)ccc1Nc1cc(NN)nc(N)n1. The van der Waals surface area contributed by atoms with Crippen molar-refractivity contribution in [1.29, 1.82) is 5.26 Å². The lowest BCUT2D eigenvalue weighted by Crippen LogP contribution is -2.11. The molecule has 1 aromatic heterocycles. The van der Waals surface area contributed by atoms with Crippen LogP contribution < -0.4 is 22.3 Å². The van der Waals surface area contributed by atoms with Crippen molar-refractivity contribution in [2.45, 2.75) is 0 Å². The molecule has 2 aromatic rings. The number of aromatic nitrogens is 2. The average Bonchev–Trinajstić information content (AvgIpc) is 2.40. The molecule has 0 fully saturated rings. The zero-order valence-corrected chi connectivity index (χ0v) is 11.3. The maximum atomic E-state index is 9.08. The van der Waals surface area contributed by atoms with Crippen LogP contribution in [0, 0.1) is 11.3 Å². The normalized spacial score (nSPS) is 9.74. The van der Waals surface area contributed by atoms with Crippen LogP contribution in [-0.2, 0) is 0 Å². The van der Waals surface area contributed by atoms with Crippen molar-refractivity contribution in [3.8, 4) is 6.07 Å². The van der Waals surface area contributed by atoms with Crippen LogP contribution in [0.15, 0.2) is 28.7 Å². The van der Waals surface area contributed by atoms with Gasteiger partial charge in [0.15, 0.2) is 0 Å². The van der Waals surface area contributed by atoms with E-state index in [1.165, 1.54) is 0 Å². The molecule has 0 saturated carbocycles. The molecule has 0 aliphatic heterocycles. The highest BCUT2D eigenvalue weighted by Gasteiger charge is 2.06. The highest BCUT2D eigenvalue weighted by molar-refractivity contribution is 9.10. The van der Waals surface area contributed by atoms with Gasteiger partial charge in [-0.25, -0.2) is 5.84 Å². The molecule has 2 rings (SSSR count). The van der Waals surface area contributed by atoms with E-state index in [-0.39, 0.29) is 5.95 Å². The lowest BCUT2D eigenvalue weighted by atomic mass is 10.2. The topological polar surface area (TPSA) is 126 Å². The van der Waals surface area contributed by atoms with Gasteiger partial charge in [0.25, 0.3) is 0 Å². The van der Waals surface area contributed by atoms with Crippen molar-refractivity contribution in [2.24, 2.45) is 5.84 Å². The van der Waals surface area contributed by atoms with Crippen molar-refractivity contribution in [3.63, 3.8) is 0 Å². The lowest BCUT2D eigenvalue weighted by molar-refractivity contribution is 1.15. The van der Waals surface area contributed by atoms with Gasteiger partial charge in [-0.05, 0) is 18.2 Å². The summed E-state index contributed by atoms with van der Waals surface area (Å²) in [5.74, 6) is 6.18. The molecule has 6 N–H and O–H groups in total. The van der Waals surface area contributed by atoms with Gasteiger partial charge in [0.2, 0.25) is 5.95 Å². The molecule has 0 spiro atoms. The number of halogens is 1. The van der Waals surface area contributed by atoms with Crippen molar-refractivity contribution in [2.75, 3.05) is 16.5 Å². The summed E-state index contributed by atoms with van der Waals surface area (Å²) in [6.07, 6.45) is 0. The number of nitrogens with zero attached hydrogens (tertiary/aromatic N) is 3. The van der Waals surface area contributed by atoms with Crippen LogP contribution >= 0.6 is 15.9 Å². The third-order valence-electron chi connectivity index (χ3n) is 2.26. The Kier molecular flexibility index (Phi) is 3.79. The Labute approximate surface area is 117 Å². The van der Waals surface area contributed by atoms with Gasteiger partial charge in [-0.1, -0.05) is 15.9 Å². The summed E-state index contributed by atoms with van der Waals surface area (Å²) >= 11 is 3.31. The minimum atomic E-state index is 0.0774. The van der Waals surface area contributed by atoms with E-state index in [4.69, 9.17) is 16.8 Å². The quantitative estimate of drug-likeness (QED) is 0.501. The molecule has 0 saturated heterocycles. The zero-order valence-electron chi connectivity index (χ0n) is 9.68. The Hall–Kier alpha value is -2.37. The Morgan fingerprint density at radius 1 is 1.21 bits per heavy atom. The number of hydrazine groups is 1. The van der Waals surface area contributed by atoms with Crippen molar-refractivity contribution in [1.82, 2.24) is 9.97 Å². The minimum absolute atomic E-state index is 0.0774. The largest absolute Gasteiger partial charge is 0.368 e. The summed E-state index contributed by atoms with van der Waals surface area (Å²) in [5.41, 5.74) is 9.04. The number of nitrogens with two attached hydrogens (primary N) is 2. The Bertz CT molecular complexity index is 650. The van der Waals surface area contributed by atoms with E-state index in [0.29, 0.717) is 22.9 Å². The standard InChI is InChI=1S/C11H10BrN7/c12-7-1-2-8(6(3-7)5-13)16-9-4-10(19-15)18-11(14)17-9/h1-4H,15H2,(H4,14,16,17,18,19). The van der Waals surface area contributed by atoms with E-state index in [0.717, 1.165) is 4.47 Å². The first-order valence-electron chi connectivity index (χ1n) is 5.20. The Morgan fingerprint density at radius 2 is 1.95 bits per heavy atom. The monoisotopic (exact) mass is 319 g/mol. The maximum absolute atomic E-state index is 9.08. The molecule has 0 bridgehead atoms. The molecule has 1 heterocycles. The fraction of sp³-hybridized carbons (Fsp3) is 0. The highest BCUT2D eigenvalue weighted by atomic mass is 79.9. The number of benzene rings is 1. The van der Waals surface area contributed by atoms with Gasteiger partial charge in [0.1, 0.15) is 17.7 Å². The summed E-state index contributed by atoms with van der Waals surface area (Å²) in [4.78, 5) is 7.88. The molecular formula is C11H10BrN7. The van der Waals surface area contributed by atoms with Gasteiger partial charge in [-0.3, -0.25) is 0 Å². The minimum Gasteiger partial charge on any atom is -0.368 e. The number of nitriles is 1. The van der Waals surface area contributed by atoms with E-state index >= 15 is 0 Å². The number of hydrogen-bond donors (Lipinski definition) is 4. The summed E-state index contributed by atoms with van der Waals surface area (Å²) < 4.78 is 0.820. The van der Waals surface area contributed by atoms with Crippen LogP contribution in [0.25, 0.3) is 0 Å². The second-order valence-electron chi connectivity index (χ2n) is 3.57. The van der Waals surface area contributed by atoms with E-state index in [2.05, 4.69) is 42.7 Å². The molecule has 0 radical (unpaired) electrons.